The molecule has 2 N–H and O–H groups in total. The summed E-state index contributed by atoms with van der Waals surface area (Å²) in [4.78, 5) is 22.4. The van der Waals surface area contributed by atoms with E-state index in [2.05, 4.69) is 21.0 Å². The van der Waals surface area contributed by atoms with Gasteiger partial charge in [-0.15, -0.1) is 0 Å². The van der Waals surface area contributed by atoms with Gasteiger partial charge in [0, 0.05) is 41.3 Å². The van der Waals surface area contributed by atoms with Gasteiger partial charge < -0.3 is 9.97 Å². The van der Waals surface area contributed by atoms with Crippen molar-refractivity contribution in [2.75, 3.05) is 0 Å². The van der Waals surface area contributed by atoms with E-state index in [1.54, 1.807) is 6.20 Å². The maximum Gasteiger partial charge on any atom is 0.270 e. The molecule has 0 atom stereocenters. The Kier molecular flexibility index (Phi) is 3.14. The predicted molar refractivity (Wildman–Crippen MR) is 80.1 cm³/mol. The maximum atomic E-state index is 11.9. The highest BCUT2D eigenvalue weighted by Gasteiger charge is 2.09. The number of para-hydroxylation sites is 1. The third-order valence-corrected chi connectivity index (χ3v) is 3.47. The van der Waals surface area contributed by atoms with Gasteiger partial charge in [0.1, 0.15) is 5.69 Å². The van der Waals surface area contributed by atoms with Crippen molar-refractivity contribution < 1.29 is 0 Å². The van der Waals surface area contributed by atoms with E-state index < -0.39 is 0 Å². The van der Waals surface area contributed by atoms with Gasteiger partial charge in [-0.2, -0.15) is 0 Å². The van der Waals surface area contributed by atoms with Crippen LogP contribution in [0.15, 0.2) is 41.5 Å². The van der Waals surface area contributed by atoms with Crippen LogP contribution in [0, 0.1) is 0 Å². The van der Waals surface area contributed by atoms with Crippen LogP contribution >= 0.6 is 0 Å². The number of hydrogen-bond acceptors (Lipinski definition) is 2. The first-order chi connectivity index (χ1) is 9.65. The highest BCUT2D eigenvalue weighted by Crippen LogP contribution is 2.19. The highest BCUT2D eigenvalue weighted by molar-refractivity contribution is 5.83. The lowest BCUT2D eigenvalue weighted by Crippen LogP contribution is -2.18. The predicted octanol–water partition coefficient (Wildman–Crippen LogP) is 2.97. The molecule has 4 nitrogen and oxygen atoms in total. The standard InChI is InChI=1S/C16H17N3O/c1-10(2)15-16(20)19-12(9-18-15)7-11-8-17-14-6-4-3-5-13(11)14/h3-6,8-10,17H,7H2,1-2H3,(H,19,20). The lowest BCUT2D eigenvalue weighted by Gasteiger charge is -2.05. The number of hydrogen-bond donors (Lipinski definition) is 2. The molecule has 0 aliphatic carbocycles. The Bertz CT molecular complexity index is 799. The van der Waals surface area contributed by atoms with Gasteiger partial charge in [0.2, 0.25) is 0 Å². The number of fused-ring (bicyclic) bond motifs is 1. The summed E-state index contributed by atoms with van der Waals surface area (Å²) in [5, 5.41) is 1.18. The number of nitrogens with one attached hydrogen (secondary N) is 2. The Morgan fingerprint density at radius 3 is 2.80 bits per heavy atom. The number of H-pyrrole nitrogens is 2. The SMILES string of the molecule is CC(C)c1ncc(Cc2c[nH]c3ccccc23)[nH]c1=O. The molecule has 0 aliphatic rings. The molecule has 0 amide bonds. The molecule has 0 unspecified atom stereocenters. The first-order valence-electron chi connectivity index (χ1n) is 6.78. The third kappa shape index (κ3) is 2.25. The molecule has 3 rings (SSSR count). The smallest absolute Gasteiger partial charge is 0.270 e. The largest absolute Gasteiger partial charge is 0.361 e. The Morgan fingerprint density at radius 1 is 1.25 bits per heavy atom. The lowest BCUT2D eigenvalue weighted by atomic mass is 10.1. The van der Waals surface area contributed by atoms with Crippen LogP contribution in [-0.2, 0) is 6.42 Å². The monoisotopic (exact) mass is 267 g/mol. The zero-order chi connectivity index (χ0) is 14.1. The zero-order valence-corrected chi connectivity index (χ0v) is 11.6. The van der Waals surface area contributed by atoms with Crippen LogP contribution in [0.1, 0.15) is 36.7 Å². The molecule has 0 bridgehead atoms. The fourth-order valence-electron chi connectivity index (χ4n) is 2.43. The molecule has 1 aromatic carbocycles. The molecule has 0 spiro atoms. The van der Waals surface area contributed by atoms with Gasteiger partial charge in [-0.3, -0.25) is 9.78 Å². The quantitative estimate of drug-likeness (QED) is 0.766. The molecular formula is C16H17N3O. The van der Waals surface area contributed by atoms with Crippen molar-refractivity contribution >= 4 is 10.9 Å². The van der Waals surface area contributed by atoms with Gasteiger partial charge in [-0.25, -0.2) is 0 Å². The summed E-state index contributed by atoms with van der Waals surface area (Å²) in [5.74, 6) is 0.140. The maximum absolute atomic E-state index is 11.9. The second-order valence-electron chi connectivity index (χ2n) is 5.31. The molecule has 0 saturated carbocycles. The summed E-state index contributed by atoms with van der Waals surface area (Å²) in [6, 6.07) is 8.14. The van der Waals surface area contributed by atoms with Gasteiger partial charge in [0.15, 0.2) is 0 Å². The second kappa shape index (κ2) is 4.96. The van der Waals surface area contributed by atoms with Crippen LogP contribution in [0.5, 0.6) is 0 Å². The fraction of sp³-hybridized carbons (Fsp3) is 0.250. The van der Waals surface area contributed by atoms with Gasteiger partial charge in [0.05, 0.1) is 0 Å². The molecule has 2 aromatic heterocycles. The molecule has 4 heteroatoms. The minimum atomic E-state index is -0.0858. The molecule has 3 aromatic rings. The van der Waals surface area contributed by atoms with Crippen LogP contribution in [0.2, 0.25) is 0 Å². The van der Waals surface area contributed by atoms with E-state index in [4.69, 9.17) is 0 Å². The second-order valence-corrected chi connectivity index (χ2v) is 5.31. The molecule has 20 heavy (non-hydrogen) atoms. The third-order valence-electron chi connectivity index (χ3n) is 3.47. The Balaban J connectivity index is 1.95. The van der Waals surface area contributed by atoms with E-state index in [0.29, 0.717) is 12.1 Å². The van der Waals surface area contributed by atoms with Gasteiger partial charge in [-0.05, 0) is 11.6 Å². The normalized spacial score (nSPS) is 11.3. The summed E-state index contributed by atoms with van der Waals surface area (Å²) in [5.41, 5.74) is 3.61. The molecule has 102 valence electrons. The van der Waals surface area contributed by atoms with Crippen molar-refractivity contribution in [2.24, 2.45) is 0 Å². The van der Waals surface area contributed by atoms with Crippen molar-refractivity contribution in [1.82, 2.24) is 15.0 Å². The van der Waals surface area contributed by atoms with Crippen molar-refractivity contribution in [3.05, 3.63) is 64.0 Å². The van der Waals surface area contributed by atoms with Crippen molar-refractivity contribution in [3.8, 4) is 0 Å². The van der Waals surface area contributed by atoms with Crippen LogP contribution in [0.3, 0.4) is 0 Å². The molecule has 2 heterocycles. The van der Waals surface area contributed by atoms with Crippen molar-refractivity contribution in [1.29, 1.82) is 0 Å². The highest BCUT2D eigenvalue weighted by atomic mass is 16.1. The summed E-state index contributed by atoms with van der Waals surface area (Å²) in [6.45, 7) is 3.94. The average Bonchev–Trinajstić information content (AvgIpc) is 2.82. The number of aromatic amines is 2. The summed E-state index contributed by atoms with van der Waals surface area (Å²) >= 11 is 0. The summed E-state index contributed by atoms with van der Waals surface area (Å²) in [6.07, 6.45) is 4.42. The van der Waals surface area contributed by atoms with Crippen LogP contribution in [-0.4, -0.2) is 15.0 Å². The van der Waals surface area contributed by atoms with E-state index >= 15 is 0 Å². The molecule has 0 aliphatic heterocycles. The number of rotatable bonds is 3. The minimum Gasteiger partial charge on any atom is -0.361 e. The first kappa shape index (κ1) is 12.7. The van der Waals surface area contributed by atoms with E-state index in [9.17, 15) is 4.79 Å². The van der Waals surface area contributed by atoms with Crippen LogP contribution in [0.25, 0.3) is 10.9 Å². The topological polar surface area (TPSA) is 61.5 Å². The molecule has 0 saturated heterocycles. The van der Waals surface area contributed by atoms with E-state index in [1.807, 2.05) is 38.2 Å². The zero-order valence-electron chi connectivity index (χ0n) is 11.6. The van der Waals surface area contributed by atoms with Gasteiger partial charge in [-0.1, -0.05) is 32.0 Å². The van der Waals surface area contributed by atoms with E-state index in [0.717, 1.165) is 16.8 Å². The lowest BCUT2D eigenvalue weighted by molar-refractivity contribution is 0.786. The van der Waals surface area contributed by atoms with Crippen molar-refractivity contribution in [2.45, 2.75) is 26.2 Å². The minimum absolute atomic E-state index is 0.0858. The fourth-order valence-corrected chi connectivity index (χ4v) is 2.43. The van der Waals surface area contributed by atoms with Crippen LogP contribution in [0.4, 0.5) is 0 Å². The molecule has 0 fully saturated rings. The van der Waals surface area contributed by atoms with Crippen molar-refractivity contribution in [3.63, 3.8) is 0 Å². The van der Waals surface area contributed by atoms with E-state index in [1.165, 1.54) is 5.39 Å². The first-order valence-corrected chi connectivity index (χ1v) is 6.78. The Morgan fingerprint density at radius 2 is 2.05 bits per heavy atom. The average molecular weight is 267 g/mol. The van der Waals surface area contributed by atoms with Gasteiger partial charge >= 0.3 is 0 Å². The molecule has 0 radical (unpaired) electrons. The number of benzene rings is 1. The van der Waals surface area contributed by atoms with Crippen LogP contribution < -0.4 is 5.56 Å². The molecular weight excluding hydrogens is 250 g/mol. The summed E-state index contributed by atoms with van der Waals surface area (Å²) < 4.78 is 0. The Labute approximate surface area is 116 Å². The number of aromatic nitrogens is 3. The van der Waals surface area contributed by atoms with E-state index in [-0.39, 0.29) is 11.5 Å². The Hall–Kier alpha value is -2.36. The van der Waals surface area contributed by atoms with Gasteiger partial charge in [0.25, 0.3) is 5.56 Å². The summed E-state index contributed by atoms with van der Waals surface area (Å²) in [7, 11) is 0. The number of nitrogens with zero attached hydrogens (tertiary/aromatic N) is 1.